The molecule has 19 heavy (non-hydrogen) atoms. The van der Waals surface area contributed by atoms with Crippen LogP contribution in [0.25, 0.3) is 0 Å². The SMILES string of the molecule is CCn1c(N)c(NCc2cc(C)no2)c(=O)[nH]c1=O. The quantitative estimate of drug-likeness (QED) is 0.718. The maximum absolute atomic E-state index is 11.7. The number of aromatic nitrogens is 3. The first-order chi connectivity index (χ1) is 9.02. The number of H-pyrrole nitrogens is 1. The lowest BCUT2D eigenvalue weighted by Crippen LogP contribution is -2.33. The third kappa shape index (κ3) is 2.51. The number of aryl methyl sites for hydroxylation is 1. The molecule has 0 fully saturated rings. The van der Waals surface area contributed by atoms with Gasteiger partial charge in [-0.15, -0.1) is 0 Å². The second kappa shape index (κ2) is 5.01. The van der Waals surface area contributed by atoms with Crippen LogP contribution in [0, 0.1) is 6.92 Å². The third-order valence-corrected chi connectivity index (χ3v) is 2.67. The summed E-state index contributed by atoms with van der Waals surface area (Å²) in [4.78, 5) is 25.4. The van der Waals surface area contributed by atoms with E-state index in [1.807, 2.05) is 0 Å². The number of hydrogen-bond donors (Lipinski definition) is 3. The van der Waals surface area contributed by atoms with Crippen LogP contribution in [0.2, 0.25) is 0 Å². The average Bonchev–Trinajstić information content (AvgIpc) is 2.75. The van der Waals surface area contributed by atoms with E-state index >= 15 is 0 Å². The Morgan fingerprint density at radius 3 is 2.84 bits per heavy atom. The molecule has 102 valence electrons. The molecule has 2 aromatic rings. The number of nitrogens with two attached hydrogens (primary N) is 1. The van der Waals surface area contributed by atoms with Gasteiger partial charge < -0.3 is 15.6 Å². The first-order valence-corrected chi connectivity index (χ1v) is 5.81. The van der Waals surface area contributed by atoms with Crippen LogP contribution in [0.4, 0.5) is 11.5 Å². The van der Waals surface area contributed by atoms with Crippen molar-refractivity contribution < 1.29 is 4.52 Å². The third-order valence-electron chi connectivity index (χ3n) is 2.67. The molecule has 0 aliphatic rings. The van der Waals surface area contributed by atoms with Gasteiger partial charge in [0.2, 0.25) is 0 Å². The first kappa shape index (κ1) is 12.9. The Kier molecular flexibility index (Phi) is 3.41. The summed E-state index contributed by atoms with van der Waals surface area (Å²) in [6.45, 7) is 4.19. The van der Waals surface area contributed by atoms with Gasteiger partial charge in [0, 0.05) is 12.6 Å². The zero-order valence-electron chi connectivity index (χ0n) is 10.7. The molecule has 2 rings (SSSR count). The number of anilines is 2. The van der Waals surface area contributed by atoms with Gasteiger partial charge in [-0.25, -0.2) is 4.79 Å². The highest BCUT2D eigenvalue weighted by molar-refractivity contribution is 5.60. The minimum absolute atomic E-state index is 0.104. The standard InChI is InChI=1S/C11H15N5O3/c1-3-16-9(12)8(10(17)14-11(16)18)13-5-7-4-6(2)15-19-7/h4,13H,3,5,12H2,1-2H3,(H,14,17,18). The van der Waals surface area contributed by atoms with Gasteiger partial charge in [0.1, 0.15) is 11.5 Å². The van der Waals surface area contributed by atoms with Crippen molar-refractivity contribution in [2.75, 3.05) is 11.1 Å². The molecule has 0 aromatic carbocycles. The molecule has 0 radical (unpaired) electrons. The molecule has 8 heteroatoms. The molecule has 0 atom stereocenters. The van der Waals surface area contributed by atoms with Crippen LogP contribution in [0.5, 0.6) is 0 Å². The number of rotatable bonds is 4. The highest BCUT2D eigenvalue weighted by atomic mass is 16.5. The summed E-state index contributed by atoms with van der Waals surface area (Å²) in [5.74, 6) is 0.679. The normalized spacial score (nSPS) is 10.6. The van der Waals surface area contributed by atoms with E-state index < -0.39 is 11.2 Å². The van der Waals surface area contributed by atoms with Gasteiger partial charge in [0.15, 0.2) is 5.76 Å². The molecule has 0 spiro atoms. The Bertz CT molecular complexity index is 697. The van der Waals surface area contributed by atoms with Gasteiger partial charge in [-0.05, 0) is 13.8 Å². The van der Waals surface area contributed by atoms with Gasteiger partial charge in [-0.2, -0.15) is 0 Å². The molecule has 0 amide bonds. The van der Waals surface area contributed by atoms with E-state index in [2.05, 4.69) is 15.5 Å². The fraction of sp³-hybridized carbons (Fsp3) is 0.364. The molecule has 0 aliphatic heterocycles. The van der Waals surface area contributed by atoms with Crippen LogP contribution >= 0.6 is 0 Å². The van der Waals surface area contributed by atoms with E-state index in [-0.39, 0.29) is 18.1 Å². The fourth-order valence-electron chi connectivity index (χ4n) is 1.75. The molecular formula is C11H15N5O3. The van der Waals surface area contributed by atoms with Gasteiger partial charge in [0.25, 0.3) is 5.56 Å². The second-order valence-corrected chi connectivity index (χ2v) is 4.05. The summed E-state index contributed by atoms with van der Waals surface area (Å²) in [6, 6.07) is 1.74. The van der Waals surface area contributed by atoms with Crippen molar-refractivity contribution in [2.24, 2.45) is 0 Å². The van der Waals surface area contributed by atoms with Gasteiger partial charge >= 0.3 is 5.69 Å². The van der Waals surface area contributed by atoms with Crippen LogP contribution in [0.3, 0.4) is 0 Å². The van der Waals surface area contributed by atoms with Crippen molar-refractivity contribution in [3.63, 3.8) is 0 Å². The summed E-state index contributed by atoms with van der Waals surface area (Å²) in [6.07, 6.45) is 0. The summed E-state index contributed by atoms with van der Waals surface area (Å²) in [5, 5.41) is 6.58. The van der Waals surface area contributed by atoms with Crippen molar-refractivity contribution in [3.8, 4) is 0 Å². The lowest BCUT2D eigenvalue weighted by atomic mass is 10.3. The molecular weight excluding hydrogens is 250 g/mol. The zero-order chi connectivity index (χ0) is 14.0. The van der Waals surface area contributed by atoms with E-state index in [0.29, 0.717) is 12.3 Å². The summed E-state index contributed by atoms with van der Waals surface area (Å²) in [7, 11) is 0. The van der Waals surface area contributed by atoms with Crippen molar-refractivity contribution in [3.05, 3.63) is 38.4 Å². The van der Waals surface area contributed by atoms with Crippen LogP contribution < -0.4 is 22.3 Å². The molecule has 8 nitrogen and oxygen atoms in total. The lowest BCUT2D eigenvalue weighted by molar-refractivity contribution is 0.384. The molecule has 4 N–H and O–H groups in total. The van der Waals surface area contributed by atoms with E-state index in [9.17, 15) is 9.59 Å². The molecule has 0 aliphatic carbocycles. The molecule has 2 heterocycles. The number of nitrogen functional groups attached to an aromatic ring is 1. The first-order valence-electron chi connectivity index (χ1n) is 5.81. The maximum atomic E-state index is 11.7. The summed E-state index contributed by atoms with van der Waals surface area (Å²) in [5.41, 5.74) is 5.62. The average molecular weight is 265 g/mol. The zero-order valence-corrected chi connectivity index (χ0v) is 10.7. The highest BCUT2D eigenvalue weighted by Gasteiger charge is 2.11. The molecule has 0 unspecified atom stereocenters. The molecule has 0 saturated heterocycles. The smallest absolute Gasteiger partial charge is 0.330 e. The van der Waals surface area contributed by atoms with Crippen LogP contribution in [0.1, 0.15) is 18.4 Å². The number of nitrogens with one attached hydrogen (secondary N) is 2. The van der Waals surface area contributed by atoms with E-state index in [1.165, 1.54) is 4.57 Å². The highest BCUT2D eigenvalue weighted by Crippen LogP contribution is 2.12. The predicted octanol–water partition coefficient (Wildman–Crippen LogP) is 0.0472. The van der Waals surface area contributed by atoms with Crippen molar-refractivity contribution in [2.45, 2.75) is 26.9 Å². The molecule has 0 bridgehead atoms. The lowest BCUT2D eigenvalue weighted by Gasteiger charge is -2.11. The van der Waals surface area contributed by atoms with Gasteiger partial charge in [-0.1, -0.05) is 5.16 Å². The van der Waals surface area contributed by atoms with Crippen molar-refractivity contribution in [1.29, 1.82) is 0 Å². The Hall–Kier alpha value is -2.51. The number of aromatic amines is 1. The Morgan fingerprint density at radius 1 is 1.53 bits per heavy atom. The van der Waals surface area contributed by atoms with Crippen LogP contribution in [-0.2, 0) is 13.1 Å². The topological polar surface area (TPSA) is 119 Å². The van der Waals surface area contributed by atoms with E-state index in [1.54, 1.807) is 19.9 Å². The maximum Gasteiger partial charge on any atom is 0.330 e. The largest absolute Gasteiger partial charge is 0.383 e. The Balaban J connectivity index is 2.30. The van der Waals surface area contributed by atoms with E-state index in [4.69, 9.17) is 10.3 Å². The summed E-state index contributed by atoms with van der Waals surface area (Å²) >= 11 is 0. The minimum Gasteiger partial charge on any atom is -0.383 e. The Morgan fingerprint density at radius 2 is 2.26 bits per heavy atom. The fourth-order valence-corrected chi connectivity index (χ4v) is 1.75. The van der Waals surface area contributed by atoms with Crippen LogP contribution in [0.15, 0.2) is 20.2 Å². The van der Waals surface area contributed by atoms with Gasteiger partial charge in [-0.3, -0.25) is 14.3 Å². The van der Waals surface area contributed by atoms with Gasteiger partial charge in [0.05, 0.1) is 12.2 Å². The van der Waals surface area contributed by atoms with Crippen molar-refractivity contribution in [1.82, 2.24) is 14.7 Å². The van der Waals surface area contributed by atoms with Crippen molar-refractivity contribution >= 4 is 11.5 Å². The Labute approximate surface area is 108 Å². The number of hydrogen-bond acceptors (Lipinski definition) is 6. The summed E-state index contributed by atoms with van der Waals surface area (Å²) < 4.78 is 6.29. The minimum atomic E-state index is -0.552. The number of nitrogens with zero attached hydrogens (tertiary/aromatic N) is 2. The van der Waals surface area contributed by atoms with E-state index in [0.717, 1.165) is 5.69 Å². The van der Waals surface area contributed by atoms with Crippen LogP contribution in [-0.4, -0.2) is 14.7 Å². The second-order valence-electron chi connectivity index (χ2n) is 4.05. The monoisotopic (exact) mass is 265 g/mol. The predicted molar refractivity (Wildman–Crippen MR) is 70.0 cm³/mol. The molecule has 0 saturated carbocycles. The molecule has 2 aromatic heterocycles.